The summed E-state index contributed by atoms with van der Waals surface area (Å²) in [6.45, 7) is 7.10. The molecule has 116 valence electrons. The number of rotatable bonds is 3. The van der Waals surface area contributed by atoms with Gasteiger partial charge in [-0.05, 0) is 30.0 Å². The zero-order valence-corrected chi connectivity index (χ0v) is 12.7. The quantitative estimate of drug-likeness (QED) is 0.741. The van der Waals surface area contributed by atoms with Crippen molar-refractivity contribution in [3.8, 4) is 0 Å². The van der Waals surface area contributed by atoms with E-state index >= 15 is 0 Å². The van der Waals surface area contributed by atoms with Gasteiger partial charge in [0.1, 0.15) is 5.82 Å². The Kier molecular flexibility index (Phi) is 5.43. The number of amides is 2. The van der Waals surface area contributed by atoms with Crippen LogP contribution in [0.5, 0.6) is 0 Å². The molecule has 0 unspecified atom stereocenters. The summed E-state index contributed by atoms with van der Waals surface area (Å²) in [5, 5.41) is 14.3. The Morgan fingerprint density at radius 2 is 1.90 bits per heavy atom. The van der Waals surface area contributed by atoms with E-state index in [1.54, 1.807) is 13.0 Å². The highest BCUT2D eigenvalue weighted by Crippen LogP contribution is 2.18. The Bertz CT molecular complexity index is 538. The van der Waals surface area contributed by atoms with Crippen LogP contribution >= 0.6 is 0 Å². The summed E-state index contributed by atoms with van der Waals surface area (Å²) >= 11 is 0. The fourth-order valence-corrected chi connectivity index (χ4v) is 1.48. The molecule has 5 nitrogen and oxygen atoms in total. The van der Waals surface area contributed by atoms with Gasteiger partial charge in [-0.3, -0.25) is 9.59 Å². The van der Waals surface area contributed by atoms with Crippen molar-refractivity contribution in [2.45, 2.75) is 33.8 Å². The molecule has 21 heavy (non-hydrogen) atoms. The second-order valence-corrected chi connectivity index (χ2v) is 6.03. The summed E-state index contributed by atoms with van der Waals surface area (Å²) in [7, 11) is 0. The third kappa shape index (κ3) is 5.15. The number of aryl methyl sites for hydroxylation is 1. The van der Waals surface area contributed by atoms with Gasteiger partial charge in [0.15, 0.2) is 0 Å². The van der Waals surface area contributed by atoms with E-state index < -0.39 is 29.2 Å². The van der Waals surface area contributed by atoms with Crippen LogP contribution in [-0.4, -0.2) is 29.6 Å². The molecule has 1 rings (SSSR count). The maximum atomic E-state index is 13.6. The summed E-state index contributed by atoms with van der Waals surface area (Å²) < 4.78 is 13.6. The first-order valence-electron chi connectivity index (χ1n) is 6.64. The number of aliphatic hydroxyl groups is 1. The molecular weight excluding hydrogens is 275 g/mol. The fraction of sp³-hybridized carbons (Fsp3) is 0.467. The minimum absolute atomic E-state index is 0.0495. The standard InChI is InChI=1S/C15H21FN2O3/c1-9-5-6-11(10(16)7-9)18-14(21)13(20)17-8-12(19)15(2,3)4/h5-7,12,19H,8H2,1-4H3,(H,17,20)(H,18,21)/t12-/m1/s1. The normalized spacial score (nSPS) is 12.7. The van der Waals surface area contributed by atoms with E-state index in [1.807, 2.05) is 20.8 Å². The number of hydrogen-bond donors (Lipinski definition) is 3. The molecule has 0 radical (unpaired) electrons. The molecule has 1 atom stereocenters. The van der Waals surface area contributed by atoms with Crippen molar-refractivity contribution in [1.29, 1.82) is 0 Å². The largest absolute Gasteiger partial charge is 0.391 e. The minimum Gasteiger partial charge on any atom is -0.391 e. The zero-order chi connectivity index (χ0) is 16.2. The summed E-state index contributed by atoms with van der Waals surface area (Å²) in [5.41, 5.74) is 0.243. The van der Waals surface area contributed by atoms with Crippen LogP contribution < -0.4 is 10.6 Å². The monoisotopic (exact) mass is 296 g/mol. The molecule has 2 amide bonds. The lowest BCUT2D eigenvalue weighted by Crippen LogP contribution is -2.43. The van der Waals surface area contributed by atoms with E-state index in [9.17, 15) is 19.1 Å². The minimum atomic E-state index is -0.973. The van der Waals surface area contributed by atoms with Gasteiger partial charge in [-0.25, -0.2) is 4.39 Å². The number of benzene rings is 1. The van der Waals surface area contributed by atoms with Gasteiger partial charge in [0.05, 0.1) is 11.8 Å². The summed E-state index contributed by atoms with van der Waals surface area (Å²) in [6.07, 6.45) is -0.787. The first-order valence-corrected chi connectivity index (χ1v) is 6.64. The van der Waals surface area contributed by atoms with E-state index in [0.717, 1.165) is 0 Å². The van der Waals surface area contributed by atoms with Crippen LogP contribution in [-0.2, 0) is 9.59 Å². The Morgan fingerprint density at radius 1 is 1.29 bits per heavy atom. The van der Waals surface area contributed by atoms with Crippen LogP contribution in [0.25, 0.3) is 0 Å². The van der Waals surface area contributed by atoms with E-state index in [2.05, 4.69) is 10.6 Å². The van der Waals surface area contributed by atoms with Gasteiger partial charge >= 0.3 is 11.8 Å². The molecule has 0 spiro atoms. The molecule has 0 saturated carbocycles. The molecule has 0 aliphatic heterocycles. The smallest absolute Gasteiger partial charge is 0.313 e. The molecule has 1 aromatic rings. The van der Waals surface area contributed by atoms with Crippen LogP contribution in [0.15, 0.2) is 18.2 Å². The highest BCUT2D eigenvalue weighted by molar-refractivity contribution is 6.39. The van der Waals surface area contributed by atoms with Crippen LogP contribution in [0, 0.1) is 18.2 Å². The number of aliphatic hydroxyl groups excluding tert-OH is 1. The predicted molar refractivity (Wildman–Crippen MR) is 78.2 cm³/mol. The van der Waals surface area contributed by atoms with Crippen molar-refractivity contribution in [1.82, 2.24) is 5.32 Å². The maximum Gasteiger partial charge on any atom is 0.313 e. The molecule has 0 saturated heterocycles. The Balaban J connectivity index is 2.57. The zero-order valence-electron chi connectivity index (χ0n) is 12.7. The van der Waals surface area contributed by atoms with E-state index in [4.69, 9.17) is 0 Å². The number of nitrogens with one attached hydrogen (secondary N) is 2. The fourth-order valence-electron chi connectivity index (χ4n) is 1.48. The Hall–Kier alpha value is -1.95. The number of carbonyl (C=O) groups excluding carboxylic acids is 2. The second-order valence-electron chi connectivity index (χ2n) is 6.03. The van der Waals surface area contributed by atoms with E-state index in [-0.39, 0.29) is 12.2 Å². The third-order valence-corrected chi connectivity index (χ3v) is 3.03. The molecule has 0 aliphatic rings. The maximum absolute atomic E-state index is 13.6. The first-order chi connectivity index (χ1) is 9.61. The topological polar surface area (TPSA) is 78.4 Å². The van der Waals surface area contributed by atoms with Gasteiger partial charge < -0.3 is 15.7 Å². The van der Waals surface area contributed by atoms with Gasteiger partial charge in [-0.1, -0.05) is 26.8 Å². The van der Waals surface area contributed by atoms with E-state index in [0.29, 0.717) is 5.56 Å². The van der Waals surface area contributed by atoms with Crippen molar-refractivity contribution >= 4 is 17.5 Å². The molecule has 3 N–H and O–H groups in total. The SMILES string of the molecule is Cc1ccc(NC(=O)C(=O)NC[C@@H](O)C(C)(C)C)c(F)c1. The van der Waals surface area contributed by atoms with Crippen molar-refractivity contribution in [3.63, 3.8) is 0 Å². The first kappa shape index (κ1) is 17.1. The van der Waals surface area contributed by atoms with Crippen LogP contribution in [0.1, 0.15) is 26.3 Å². The molecule has 0 aromatic heterocycles. The highest BCUT2D eigenvalue weighted by atomic mass is 19.1. The number of hydrogen-bond acceptors (Lipinski definition) is 3. The predicted octanol–water partition coefficient (Wildman–Crippen LogP) is 1.60. The third-order valence-electron chi connectivity index (χ3n) is 3.03. The van der Waals surface area contributed by atoms with Gasteiger partial charge in [-0.15, -0.1) is 0 Å². The Labute approximate surface area is 123 Å². The lowest BCUT2D eigenvalue weighted by molar-refractivity contribution is -0.136. The lowest BCUT2D eigenvalue weighted by Gasteiger charge is -2.25. The van der Waals surface area contributed by atoms with Crippen molar-refractivity contribution < 1.29 is 19.1 Å². The summed E-state index contributed by atoms with van der Waals surface area (Å²) in [5.74, 6) is -2.50. The highest BCUT2D eigenvalue weighted by Gasteiger charge is 2.24. The second kappa shape index (κ2) is 6.67. The lowest BCUT2D eigenvalue weighted by atomic mass is 9.89. The van der Waals surface area contributed by atoms with E-state index in [1.165, 1.54) is 12.1 Å². The Morgan fingerprint density at radius 3 is 2.43 bits per heavy atom. The number of carbonyl (C=O) groups is 2. The van der Waals surface area contributed by atoms with Crippen molar-refractivity contribution in [2.24, 2.45) is 5.41 Å². The molecule has 1 aromatic carbocycles. The molecular formula is C15H21FN2O3. The van der Waals surface area contributed by atoms with Crippen LogP contribution in [0.4, 0.5) is 10.1 Å². The van der Waals surface area contributed by atoms with Gasteiger partial charge in [0, 0.05) is 6.54 Å². The van der Waals surface area contributed by atoms with Crippen molar-refractivity contribution in [3.05, 3.63) is 29.6 Å². The summed E-state index contributed by atoms with van der Waals surface area (Å²) in [6, 6.07) is 4.27. The van der Waals surface area contributed by atoms with Gasteiger partial charge in [0.2, 0.25) is 0 Å². The molecule has 0 bridgehead atoms. The van der Waals surface area contributed by atoms with Crippen LogP contribution in [0.3, 0.4) is 0 Å². The molecule has 6 heteroatoms. The molecule has 0 heterocycles. The van der Waals surface area contributed by atoms with Gasteiger partial charge in [-0.2, -0.15) is 0 Å². The average Bonchev–Trinajstić information content (AvgIpc) is 2.37. The number of halogens is 1. The summed E-state index contributed by atoms with van der Waals surface area (Å²) in [4.78, 5) is 23.2. The molecule has 0 aliphatic carbocycles. The average molecular weight is 296 g/mol. The van der Waals surface area contributed by atoms with Crippen molar-refractivity contribution in [2.75, 3.05) is 11.9 Å². The number of anilines is 1. The van der Waals surface area contributed by atoms with Gasteiger partial charge in [0.25, 0.3) is 0 Å². The molecule has 0 fully saturated rings. The van der Waals surface area contributed by atoms with Crippen LogP contribution in [0.2, 0.25) is 0 Å².